The van der Waals surface area contributed by atoms with Gasteiger partial charge in [0.05, 0.1) is 0 Å². The molecular formula is C54H35NO. The number of furan rings is 1. The molecule has 11 rings (SSSR count). The van der Waals surface area contributed by atoms with Crippen LogP contribution in [0.3, 0.4) is 0 Å². The number of para-hydroxylation sites is 1. The standard InChI is InChI=1S/C54H35NO/c1-2-10-36(11-3-1)37-20-27-41(28-21-37)55(43-31-24-40(25-32-43)46-16-9-19-53-54(46)51-14-6-7-18-52(51)56-53)42-29-22-39(23-30-42)45-15-8-17-47-48(45)34-35-49-44-13-5-4-12-38(44)26-33-50(47)49/h1-35H. The Kier molecular flexibility index (Phi) is 7.53. The Balaban J connectivity index is 0.999. The van der Waals surface area contributed by atoms with E-state index in [2.05, 4.69) is 205 Å². The molecule has 0 fully saturated rings. The summed E-state index contributed by atoms with van der Waals surface area (Å²) in [5.41, 5.74) is 12.2. The highest BCUT2D eigenvalue weighted by Crippen LogP contribution is 2.41. The third-order valence-corrected chi connectivity index (χ3v) is 11.3. The smallest absolute Gasteiger partial charge is 0.136 e. The van der Waals surface area contributed by atoms with Gasteiger partial charge in [0.25, 0.3) is 0 Å². The minimum Gasteiger partial charge on any atom is -0.456 e. The minimum atomic E-state index is 0.904. The summed E-state index contributed by atoms with van der Waals surface area (Å²) in [5, 5.41) is 9.94. The number of anilines is 3. The Morgan fingerprint density at radius 3 is 1.50 bits per heavy atom. The SMILES string of the molecule is c1ccc(-c2ccc(N(c3ccc(-c4cccc5c4ccc4c6ccccc6ccc54)cc3)c3ccc(-c4cccc5oc6ccccc6c45)cc3)cc2)cc1. The highest BCUT2D eigenvalue weighted by atomic mass is 16.3. The number of hydrogen-bond acceptors (Lipinski definition) is 2. The van der Waals surface area contributed by atoms with Gasteiger partial charge in [-0.15, -0.1) is 0 Å². The summed E-state index contributed by atoms with van der Waals surface area (Å²) < 4.78 is 6.23. The second kappa shape index (κ2) is 13.2. The van der Waals surface area contributed by atoms with Gasteiger partial charge in [-0.1, -0.05) is 164 Å². The molecule has 2 nitrogen and oxygen atoms in total. The predicted molar refractivity (Wildman–Crippen MR) is 237 cm³/mol. The van der Waals surface area contributed by atoms with Crippen LogP contribution in [0.15, 0.2) is 217 Å². The van der Waals surface area contributed by atoms with Crippen LogP contribution >= 0.6 is 0 Å². The van der Waals surface area contributed by atoms with Gasteiger partial charge in [-0.3, -0.25) is 0 Å². The summed E-state index contributed by atoms with van der Waals surface area (Å²) in [5.74, 6) is 0. The van der Waals surface area contributed by atoms with Crippen molar-refractivity contribution in [2.45, 2.75) is 0 Å². The average molecular weight is 714 g/mol. The van der Waals surface area contributed by atoms with Gasteiger partial charge in [0.2, 0.25) is 0 Å². The van der Waals surface area contributed by atoms with Crippen LogP contribution in [0.1, 0.15) is 0 Å². The molecule has 0 saturated carbocycles. The fourth-order valence-corrected chi connectivity index (χ4v) is 8.58. The van der Waals surface area contributed by atoms with Crippen molar-refractivity contribution in [2.75, 3.05) is 4.90 Å². The van der Waals surface area contributed by atoms with E-state index in [0.717, 1.165) is 50.1 Å². The molecule has 0 aliphatic heterocycles. The van der Waals surface area contributed by atoms with E-state index in [0.29, 0.717) is 0 Å². The Labute approximate surface area is 325 Å². The maximum absolute atomic E-state index is 6.23. The van der Waals surface area contributed by atoms with Crippen molar-refractivity contribution in [1.82, 2.24) is 0 Å². The average Bonchev–Trinajstić information content (AvgIpc) is 3.66. The Morgan fingerprint density at radius 2 is 0.750 bits per heavy atom. The molecule has 1 aromatic heterocycles. The summed E-state index contributed by atoms with van der Waals surface area (Å²) >= 11 is 0. The van der Waals surface area contributed by atoms with Gasteiger partial charge in [0.1, 0.15) is 11.2 Å². The van der Waals surface area contributed by atoms with Crippen LogP contribution in [0.5, 0.6) is 0 Å². The molecule has 0 bridgehead atoms. The van der Waals surface area contributed by atoms with Crippen molar-refractivity contribution >= 4 is 71.3 Å². The third kappa shape index (κ3) is 5.34. The summed E-state index contributed by atoms with van der Waals surface area (Å²) in [6, 6.07) is 76.4. The fourth-order valence-electron chi connectivity index (χ4n) is 8.58. The maximum Gasteiger partial charge on any atom is 0.136 e. The predicted octanol–water partition coefficient (Wildman–Crippen LogP) is 15.5. The molecule has 2 heteroatoms. The topological polar surface area (TPSA) is 16.4 Å². The lowest BCUT2D eigenvalue weighted by Crippen LogP contribution is -2.09. The van der Waals surface area contributed by atoms with Gasteiger partial charge in [0, 0.05) is 27.8 Å². The Bertz CT molecular complexity index is 3210. The van der Waals surface area contributed by atoms with Crippen LogP contribution in [-0.2, 0) is 0 Å². The quantitative estimate of drug-likeness (QED) is 0.160. The molecule has 0 atom stereocenters. The number of rotatable bonds is 6. The lowest BCUT2D eigenvalue weighted by Gasteiger charge is -2.26. The van der Waals surface area contributed by atoms with E-state index in [1.807, 2.05) is 12.1 Å². The lowest BCUT2D eigenvalue weighted by molar-refractivity contribution is 0.669. The molecule has 0 radical (unpaired) electrons. The zero-order chi connectivity index (χ0) is 37.0. The van der Waals surface area contributed by atoms with Crippen LogP contribution in [0.2, 0.25) is 0 Å². The van der Waals surface area contributed by atoms with Gasteiger partial charge < -0.3 is 9.32 Å². The second-order valence-corrected chi connectivity index (χ2v) is 14.5. The Hall–Kier alpha value is -7.42. The molecule has 0 N–H and O–H groups in total. The molecule has 10 aromatic carbocycles. The lowest BCUT2D eigenvalue weighted by atomic mass is 9.92. The van der Waals surface area contributed by atoms with Crippen LogP contribution in [0.25, 0.3) is 87.6 Å². The van der Waals surface area contributed by atoms with Crippen LogP contribution in [0, 0.1) is 0 Å². The van der Waals surface area contributed by atoms with E-state index in [4.69, 9.17) is 4.42 Å². The molecule has 56 heavy (non-hydrogen) atoms. The monoisotopic (exact) mass is 713 g/mol. The first kappa shape index (κ1) is 32.0. The first-order valence-corrected chi connectivity index (χ1v) is 19.2. The fraction of sp³-hybridized carbons (Fsp3) is 0. The maximum atomic E-state index is 6.23. The zero-order valence-corrected chi connectivity index (χ0v) is 30.6. The van der Waals surface area contributed by atoms with Crippen LogP contribution in [-0.4, -0.2) is 0 Å². The summed E-state index contributed by atoms with van der Waals surface area (Å²) in [7, 11) is 0. The molecule has 0 aliphatic rings. The molecular weight excluding hydrogens is 679 g/mol. The number of benzene rings is 10. The van der Waals surface area contributed by atoms with Crippen LogP contribution < -0.4 is 4.90 Å². The zero-order valence-electron chi connectivity index (χ0n) is 30.6. The van der Waals surface area contributed by atoms with E-state index < -0.39 is 0 Å². The van der Waals surface area contributed by atoms with Crippen molar-refractivity contribution in [3.63, 3.8) is 0 Å². The number of nitrogens with zero attached hydrogens (tertiary/aromatic N) is 1. The highest BCUT2D eigenvalue weighted by molar-refractivity contribution is 6.19. The van der Waals surface area contributed by atoms with E-state index in [9.17, 15) is 0 Å². The first-order chi connectivity index (χ1) is 27.8. The van der Waals surface area contributed by atoms with Crippen LogP contribution in [0.4, 0.5) is 17.1 Å². The van der Waals surface area contributed by atoms with Gasteiger partial charge in [0.15, 0.2) is 0 Å². The van der Waals surface area contributed by atoms with Crippen molar-refractivity contribution in [3.05, 3.63) is 212 Å². The van der Waals surface area contributed by atoms with Gasteiger partial charge >= 0.3 is 0 Å². The van der Waals surface area contributed by atoms with Crippen molar-refractivity contribution in [3.8, 4) is 33.4 Å². The normalized spacial score (nSPS) is 11.6. The summed E-state index contributed by atoms with van der Waals surface area (Å²) in [6.45, 7) is 0. The third-order valence-electron chi connectivity index (χ3n) is 11.3. The number of fused-ring (bicyclic) bond motifs is 8. The molecule has 0 unspecified atom stereocenters. The first-order valence-electron chi connectivity index (χ1n) is 19.2. The molecule has 0 spiro atoms. The summed E-state index contributed by atoms with van der Waals surface area (Å²) in [6.07, 6.45) is 0. The molecule has 0 amide bonds. The van der Waals surface area contributed by atoms with Crippen molar-refractivity contribution in [2.24, 2.45) is 0 Å². The van der Waals surface area contributed by atoms with E-state index in [-0.39, 0.29) is 0 Å². The van der Waals surface area contributed by atoms with Gasteiger partial charge in [-0.05, 0) is 114 Å². The van der Waals surface area contributed by atoms with Crippen molar-refractivity contribution < 1.29 is 4.42 Å². The summed E-state index contributed by atoms with van der Waals surface area (Å²) in [4.78, 5) is 2.35. The molecule has 11 aromatic rings. The number of hydrogen-bond donors (Lipinski definition) is 0. The Morgan fingerprint density at radius 1 is 0.268 bits per heavy atom. The van der Waals surface area contributed by atoms with Gasteiger partial charge in [-0.2, -0.15) is 0 Å². The molecule has 262 valence electrons. The van der Waals surface area contributed by atoms with E-state index >= 15 is 0 Å². The minimum absolute atomic E-state index is 0.904. The second-order valence-electron chi connectivity index (χ2n) is 14.5. The van der Waals surface area contributed by atoms with E-state index in [1.54, 1.807) is 0 Å². The van der Waals surface area contributed by atoms with Crippen molar-refractivity contribution in [1.29, 1.82) is 0 Å². The molecule has 0 saturated heterocycles. The van der Waals surface area contributed by atoms with E-state index in [1.165, 1.54) is 54.6 Å². The largest absolute Gasteiger partial charge is 0.456 e. The molecule has 1 heterocycles. The molecule has 0 aliphatic carbocycles. The van der Waals surface area contributed by atoms with Gasteiger partial charge in [-0.25, -0.2) is 0 Å². The highest BCUT2D eigenvalue weighted by Gasteiger charge is 2.17.